The molecule has 0 aliphatic carbocycles. The van der Waals surface area contributed by atoms with Crippen LogP contribution in [0.1, 0.15) is 37.8 Å². The van der Waals surface area contributed by atoms with Crippen molar-refractivity contribution >= 4 is 40.8 Å². The van der Waals surface area contributed by atoms with Crippen molar-refractivity contribution in [2.75, 3.05) is 42.9 Å². The highest BCUT2D eigenvalue weighted by atomic mass is 35.5. The summed E-state index contributed by atoms with van der Waals surface area (Å²) in [4.78, 5) is 24.6. The van der Waals surface area contributed by atoms with Crippen LogP contribution in [0.3, 0.4) is 0 Å². The molecular weight excluding hydrogens is 449 g/mol. The number of nitrogens with zero attached hydrogens (tertiary/aromatic N) is 4. The Morgan fingerprint density at radius 2 is 2.06 bits per heavy atom. The second kappa shape index (κ2) is 10.2. The van der Waals surface area contributed by atoms with E-state index < -0.39 is 5.97 Å². The van der Waals surface area contributed by atoms with Crippen molar-refractivity contribution < 1.29 is 9.90 Å². The van der Waals surface area contributed by atoms with Crippen LogP contribution in [0.4, 0.5) is 11.6 Å². The third-order valence-electron chi connectivity index (χ3n) is 6.50. The molecule has 172 valence electrons. The molecule has 2 aliphatic rings. The molecule has 2 N–H and O–H groups in total. The van der Waals surface area contributed by atoms with Crippen molar-refractivity contribution in [3.05, 3.63) is 46.2 Å². The number of aliphatic carboxylic acids is 1. The number of hydrogen-bond donors (Lipinski definition) is 2. The normalized spacial score (nSPS) is 20.6. The van der Waals surface area contributed by atoms with Gasteiger partial charge in [0.2, 0.25) is 0 Å². The molecule has 9 heteroatoms. The van der Waals surface area contributed by atoms with Gasteiger partial charge >= 0.3 is 5.97 Å². The molecule has 3 heterocycles. The Morgan fingerprint density at radius 1 is 1.25 bits per heavy atom. The predicted octanol–water partition coefficient (Wildman–Crippen LogP) is 4.58. The number of anilines is 2. The van der Waals surface area contributed by atoms with Gasteiger partial charge in [-0.1, -0.05) is 29.3 Å². The maximum atomic E-state index is 10.9. The van der Waals surface area contributed by atoms with Gasteiger partial charge in [-0.15, -0.1) is 0 Å². The molecule has 2 fully saturated rings. The quantitative estimate of drug-likeness (QED) is 0.575. The molecule has 32 heavy (non-hydrogen) atoms. The van der Waals surface area contributed by atoms with Gasteiger partial charge in [0.05, 0.1) is 24.9 Å². The van der Waals surface area contributed by atoms with Crippen LogP contribution in [0.15, 0.2) is 30.6 Å². The summed E-state index contributed by atoms with van der Waals surface area (Å²) in [6.07, 6.45) is 6.11. The molecule has 0 bridgehead atoms. The lowest BCUT2D eigenvalue weighted by atomic mass is 9.80. The predicted molar refractivity (Wildman–Crippen MR) is 128 cm³/mol. The number of carbonyl (C=O) groups is 1. The summed E-state index contributed by atoms with van der Waals surface area (Å²) in [5, 5.41) is 13.6. The summed E-state index contributed by atoms with van der Waals surface area (Å²) in [5.74, 6) is 2.10. The Morgan fingerprint density at radius 3 is 2.81 bits per heavy atom. The summed E-state index contributed by atoms with van der Waals surface area (Å²) in [5.41, 5.74) is 0.956. The zero-order valence-corrected chi connectivity index (χ0v) is 19.7. The van der Waals surface area contributed by atoms with Crippen molar-refractivity contribution in [1.82, 2.24) is 14.9 Å². The molecule has 2 saturated heterocycles. The molecule has 0 spiro atoms. The van der Waals surface area contributed by atoms with Crippen LogP contribution >= 0.6 is 23.2 Å². The van der Waals surface area contributed by atoms with E-state index in [-0.39, 0.29) is 12.5 Å². The van der Waals surface area contributed by atoms with Gasteiger partial charge in [-0.05, 0) is 55.8 Å². The largest absolute Gasteiger partial charge is 0.481 e. The smallest absolute Gasteiger partial charge is 0.304 e. The Hall–Kier alpha value is -2.09. The van der Waals surface area contributed by atoms with E-state index >= 15 is 0 Å². The van der Waals surface area contributed by atoms with E-state index in [0.717, 1.165) is 44.0 Å². The molecule has 1 aromatic carbocycles. The van der Waals surface area contributed by atoms with Gasteiger partial charge in [-0.3, -0.25) is 9.78 Å². The molecule has 0 amide bonds. The lowest BCUT2D eigenvalue weighted by molar-refractivity contribution is -0.137. The van der Waals surface area contributed by atoms with Gasteiger partial charge in [0.15, 0.2) is 0 Å². The fraction of sp³-hybridized carbons (Fsp3) is 0.522. The van der Waals surface area contributed by atoms with Crippen LogP contribution in [0.5, 0.6) is 0 Å². The number of hydrogen-bond acceptors (Lipinski definition) is 6. The van der Waals surface area contributed by atoms with Crippen molar-refractivity contribution in [2.24, 2.45) is 11.8 Å². The molecule has 0 saturated carbocycles. The first-order chi connectivity index (χ1) is 15.4. The number of carboxylic acids is 1. The molecular formula is C23H29Cl2N5O2. The van der Waals surface area contributed by atoms with Gasteiger partial charge in [-0.2, -0.15) is 0 Å². The van der Waals surface area contributed by atoms with Crippen molar-refractivity contribution in [3.63, 3.8) is 0 Å². The highest BCUT2D eigenvalue weighted by Crippen LogP contribution is 2.34. The zero-order valence-electron chi connectivity index (χ0n) is 18.2. The number of rotatable bonds is 8. The van der Waals surface area contributed by atoms with Crippen LogP contribution in [0.25, 0.3) is 0 Å². The van der Waals surface area contributed by atoms with Crippen LogP contribution in [-0.4, -0.2) is 58.7 Å². The highest BCUT2D eigenvalue weighted by Gasteiger charge is 2.36. The minimum atomic E-state index is -0.721. The molecule has 7 nitrogen and oxygen atoms in total. The summed E-state index contributed by atoms with van der Waals surface area (Å²) in [6.45, 7) is 6.62. The Labute approximate surface area is 198 Å². The van der Waals surface area contributed by atoms with Crippen LogP contribution in [-0.2, 0) is 4.79 Å². The maximum absolute atomic E-state index is 10.9. The van der Waals surface area contributed by atoms with E-state index in [4.69, 9.17) is 33.3 Å². The average molecular weight is 478 g/mol. The first kappa shape index (κ1) is 23.1. The summed E-state index contributed by atoms with van der Waals surface area (Å²) in [6, 6.07) is 5.46. The van der Waals surface area contributed by atoms with Gasteiger partial charge in [0, 0.05) is 36.2 Å². The Balaban J connectivity index is 1.31. The minimum absolute atomic E-state index is 0.0347. The second-order valence-corrected chi connectivity index (χ2v) is 9.65. The van der Waals surface area contributed by atoms with Gasteiger partial charge in [0.1, 0.15) is 11.6 Å². The van der Waals surface area contributed by atoms with Crippen molar-refractivity contribution in [1.29, 1.82) is 0 Å². The van der Waals surface area contributed by atoms with E-state index in [1.54, 1.807) is 18.5 Å². The van der Waals surface area contributed by atoms with E-state index in [1.165, 1.54) is 6.42 Å². The lowest BCUT2D eigenvalue weighted by Crippen LogP contribution is -2.54. The van der Waals surface area contributed by atoms with Gasteiger partial charge < -0.3 is 20.2 Å². The summed E-state index contributed by atoms with van der Waals surface area (Å²) >= 11 is 12.3. The fourth-order valence-corrected chi connectivity index (χ4v) is 5.23. The van der Waals surface area contributed by atoms with Gasteiger partial charge in [0.25, 0.3) is 0 Å². The maximum Gasteiger partial charge on any atom is 0.304 e. The number of aromatic nitrogens is 2. The lowest BCUT2D eigenvalue weighted by Gasteiger charge is -2.47. The Bertz CT molecular complexity index is 954. The van der Waals surface area contributed by atoms with Crippen molar-refractivity contribution in [3.8, 4) is 0 Å². The number of nitrogens with one attached hydrogen (secondary N) is 1. The molecule has 2 atom stereocenters. The highest BCUT2D eigenvalue weighted by molar-refractivity contribution is 6.35. The third-order valence-corrected chi connectivity index (χ3v) is 7.06. The molecule has 4 rings (SSSR count). The fourth-order valence-electron chi connectivity index (χ4n) is 4.66. The topological polar surface area (TPSA) is 81.6 Å². The number of benzene rings is 1. The second-order valence-electron chi connectivity index (χ2n) is 8.81. The minimum Gasteiger partial charge on any atom is -0.481 e. The van der Waals surface area contributed by atoms with Crippen molar-refractivity contribution in [2.45, 2.75) is 32.2 Å². The number of halogens is 2. The van der Waals surface area contributed by atoms with Gasteiger partial charge in [-0.25, -0.2) is 4.98 Å². The number of carboxylic acid groups (broad SMARTS) is 1. The molecule has 1 aromatic heterocycles. The molecule has 0 unspecified atom stereocenters. The van der Waals surface area contributed by atoms with Crippen LogP contribution in [0, 0.1) is 11.8 Å². The summed E-state index contributed by atoms with van der Waals surface area (Å²) < 4.78 is 0. The average Bonchev–Trinajstić information content (AvgIpc) is 2.72. The summed E-state index contributed by atoms with van der Waals surface area (Å²) in [7, 11) is 0. The van der Waals surface area contributed by atoms with Crippen LogP contribution in [0.2, 0.25) is 10.0 Å². The van der Waals surface area contributed by atoms with Crippen LogP contribution < -0.4 is 10.2 Å². The third kappa shape index (κ3) is 5.63. The number of piperidine rings is 1. The first-order valence-corrected chi connectivity index (χ1v) is 11.9. The SMILES string of the molecule is C[C@@H](Nc1cncc(N2CC([C@H]3CCCN(CCC(=O)O)C3)C2)n1)c1ccc(Cl)cc1Cl. The first-order valence-electron chi connectivity index (χ1n) is 11.1. The number of likely N-dealkylation sites (tertiary alicyclic amines) is 1. The Kier molecular flexibility index (Phi) is 7.38. The van der Waals surface area contributed by atoms with E-state index in [2.05, 4.69) is 20.1 Å². The molecule has 2 aromatic rings. The zero-order chi connectivity index (χ0) is 22.7. The van der Waals surface area contributed by atoms with E-state index in [9.17, 15) is 4.79 Å². The molecule has 2 aliphatic heterocycles. The van der Waals surface area contributed by atoms with E-state index in [0.29, 0.717) is 34.2 Å². The van der Waals surface area contributed by atoms with E-state index in [1.807, 2.05) is 19.1 Å². The monoisotopic (exact) mass is 477 g/mol. The standard InChI is InChI=1S/C23H29Cl2N5O2/c1-15(19-5-4-18(24)9-20(19)25)27-21-10-26-11-22(28-21)30-13-17(14-30)16-3-2-7-29(12-16)8-6-23(31)32/h4-5,9-11,15-17H,2-3,6-8,12-14H2,1H3,(H,27,28)(H,31,32)/t15-,16+/m1/s1. The molecule has 0 radical (unpaired) electrons.